The van der Waals surface area contributed by atoms with Gasteiger partial charge >= 0.3 is 0 Å². The summed E-state index contributed by atoms with van der Waals surface area (Å²) in [6.45, 7) is 0. The molecule has 0 aliphatic rings. The molecule has 0 saturated heterocycles. The molecular formula is C34H32N8. The highest BCUT2D eigenvalue weighted by molar-refractivity contribution is 5.83. The molecule has 0 saturated carbocycles. The van der Waals surface area contributed by atoms with Crippen LogP contribution in [-0.4, -0.2) is 47.3 Å². The van der Waals surface area contributed by atoms with Crippen LogP contribution < -0.4 is 9.80 Å². The molecule has 0 bridgehead atoms. The number of hydrogen-bond donors (Lipinski definition) is 0. The minimum Gasteiger partial charge on any atom is -0.378 e. The fraction of sp³-hybridized carbons (Fsp3) is 0.176. The fourth-order valence-electron chi connectivity index (χ4n) is 4.91. The van der Waals surface area contributed by atoms with Crippen LogP contribution in [0.3, 0.4) is 0 Å². The number of rotatable bonds is 7. The quantitative estimate of drug-likeness (QED) is 0.239. The van der Waals surface area contributed by atoms with E-state index in [1.165, 1.54) is 0 Å². The van der Waals surface area contributed by atoms with Crippen LogP contribution in [0.25, 0.3) is 46.1 Å². The molecule has 0 amide bonds. The van der Waals surface area contributed by atoms with Crippen molar-refractivity contribution in [3.8, 4) is 46.0 Å². The van der Waals surface area contributed by atoms with E-state index in [1.54, 1.807) is 11.6 Å². The third-order valence-electron chi connectivity index (χ3n) is 7.34. The van der Waals surface area contributed by atoms with Crippen LogP contribution in [0.4, 0.5) is 11.4 Å². The van der Waals surface area contributed by atoms with Gasteiger partial charge in [-0.25, -0.2) is 9.97 Å². The molecule has 5 aromatic rings. The van der Waals surface area contributed by atoms with Gasteiger partial charge in [-0.05, 0) is 35.9 Å². The molecule has 42 heavy (non-hydrogen) atoms. The maximum Gasteiger partial charge on any atom is 0.177 e. The average molecular weight is 553 g/mol. The van der Waals surface area contributed by atoms with Gasteiger partial charge in [-0.3, -0.25) is 0 Å². The Morgan fingerprint density at radius 1 is 0.643 bits per heavy atom. The van der Waals surface area contributed by atoms with E-state index in [0.717, 1.165) is 50.8 Å². The van der Waals surface area contributed by atoms with Crippen molar-refractivity contribution in [2.75, 3.05) is 38.0 Å². The molecule has 208 valence electrons. The third-order valence-corrected chi connectivity index (χ3v) is 7.34. The maximum absolute atomic E-state index is 9.33. The van der Waals surface area contributed by atoms with Gasteiger partial charge in [-0.1, -0.05) is 54.6 Å². The Labute approximate surface area is 246 Å². The van der Waals surface area contributed by atoms with Crippen molar-refractivity contribution in [3.63, 3.8) is 0 Å². The number of anilines is 2. The van der Waals surface area contributed by atoms with E-state index >= 15 is 0 Å². The first-order chi connectivity index (χ1) is 20.2. The average Bonchev–Trinajstić information content (AvgIpc) is 3.51. The fourth-order valence-corrected chi connectivity index (χ4v) is 4.91. The molecule has 0 unspecified atom stereocenters. The molecule has 0 atom stereocenters. The second-order valence-corrected chi connectivity index (χ2v) is 10.5. The molecular weight excluding hydrogens is 520 g/mol. The first-order valence-electron chi connectivity index (χ1n) is 13.5. The molecule has 0 spiro atoms. The van der Waals surface area contributed by atoms with E-state index in [-0.39, 0.29) is 11.4 Å². The van der Waals surface area contributed by atoms with Gasteiger partial charge in [0.15, 0.2) is 11.4 Å². The van der Waals surface area contributed by atoms with Gasteiger partial charge in [0, 0.05) is 70.4 Å². The van der Waals surface area contributed by atoms with Crippen LogP contribution in [0.15, 0.2) is 72.8 Å². The largest absolute Gasteiger partial charge is 0.378 e. The Kier molecular flexibility index (Phi) is 7.64. The van der Waals surface area contributed by atoms with E-state index in [0.29, 0.717) is 5.82 Å². The Morgan fingerprint density at radius 2 is 1.19 bits per heavy atom. The predicted octanol–water partition coefficient (Wildman–Crippen LogP) is 6.20. The summed E-state index contributed by atoms with van der Waals surface area (Å²) in [6.07, 6.45) is 3.73. The van der Waals surface area contributed by atoms with Gasteiger partial charge in [-0.2, -0.15) is 10.5 Å². The zero-order chi connectivity index (χ0) is 30.0. The first kappa shape index (κ1) is 27.9. The van der Waals surface area contributed by atoms with Gasteiger partial charge < -0.3 is 18.9 Å². The van der Waals surface area contributed by atoms with Gasteiger partial charge in [-0.15, -0.1) is 0 Å². The summed E-state index contributed by atoms with van der Waals surface area (Å²) < 4.78 is 3.78. The highest BCUT2D eigenvalue weighted by Gasteiger charge is 2.19. The SMILES string of the molecule is CN(C)c1ccc(-c2nc(-c3ccc(/C=C/c4nc(C#N)c(C#N)n4C)cc3)n(C)c2-c2ccc(N(C)C)cc2)cc1. The molecule has 8 nitrogen and oxygen atoms in total. The van der Waals surface area contributed by atoms with Gasteiger partial charge in [0.2, 0.25) is 0 Å². The summed E-state index contributed by atoms with van der Waals surface area (Å²) >= 11 is 0. The Bertz CT molecular complexity index is 1840. The van der Waals surface area contributed by atoms with Crippen LogP contribution in [0.5, 0.6) is 0 Å². The summed E-state index contributed by atoms with van der Waals surface area (Å²) in [4.78, 5) is 13.6. The molecule has 0 aliphatic carbocycles. The number of nitriles is 2. The van der Waals surface area contributed by atoms with E-state index in [2.05, 4.69) is 87.1 Å². The van der Waals surface area contributed by atoms with Crippen molar-refractivity contribution in [1.29, 1.82) is 10.5 Å². The summed E-state index contributed by atoms with van der Waals surface area (Å²) in [7, 11) is 11.9. The van der Waals surface area contributed by atoms with E-state index in [9.17, 15) is 10.5 Å². The number of hydrogen-bond acceptors (Lipinski definition) is 6. The van der Waals surface area contributed by atoms with Crippen molar-refractivity contribution in [2.24, 2.45) is 14.1 Å². The van der Waals surface area contributed by atoms with Crippen LogP contribution in [0, 0.1) is 22.7 Å². The zero-order valence-electron chi connectivity index (χ0n) is 24.7. The normalized spacial score (nSPS) is 11.0. The lowest BCUT2D eigenvalue weighted by molar-refractivity contribution is 0.882. The standard InChI is InChI=1S/C34H32N8/c1-39(2)27-16-12-24(13-17-27)32-33(25-14-18-28(19-15-25)40(3)4)42(6)34(38-32)26-10-7-23(8-11-26)9-20-31-37-29(21-35)30(22-36)41(31)5/h7-20H,1-6H3/b20-9+. The number of imidazole rings is 2. The van der Waals surface area contributed by atoms with Crippen LogP contribution in [0.2, 0.25) is 0 Å². The predicted molar refractivity (Wildman–Crippen MR) is 170 cm³/mol. The Morgan fingerprint density at radius 3 is 1.69 bits per heavy atom. The van der Waals surface area contributed by atoms with E-state index < -0.39 is 0 Å². The third kappa shape index (κ3) is 5.26. The van der Waals surface area contributed by atoms with E-state index in [1.807, 2.05) is 64.6 Å². The van der Waals surface area contributed by atoms with Crippen molar-refractivity contribution in [2.45, 2.75) is 0 Å². The van der Waals surface area contributed by atoms with Crippen molar-refractivity contribution in [3.05, 3.63) is 95.6 Å². The minimum atomic E-state index is 0.129. The number of nitrogens with zero attached hydrogens (tertiary/aromatic N) is 8. The number of benzene rings is 3. The molecule has 3 aromatic carbocycles. The lowest BCUT2D eigenvalue weighted by atomic mass is 10.0. The summed E-state index contributed by atoms with van der Waals surface area (Å²) in [5.74, 6) is 1.41. The molecule has 8 heteroatoms. The second-order valence-electron chi connectivity index (χ2n) is 10.5. The molecule has 2 aromatic heterocycles. The lowest BCUT2D eigenvalue weighted by Gasteiger charge is -2.14. The molecule has 0 aliphatic heterocycles. The molecule has 5 rings (SSSR count). The monoisotopic (exact) mass is 552 g/mol. The summed E-state index contributed by atoms with van der Waals surface area (Å²) in [5.41, 5.74) is 8.73. The molecule has 0 fully saturated rings. The lowest BCUT2D eigenvalue weighted by Crippen LogP contribution is -2.08. The molecule has 0 radical (unpaired) electrons. The van der Waals surface area contributed by atoms with Crippen LogP contribution in [-0.2, 0) is 14.1 Å². The van der Waals surface area contributed by atoms with Gasteiger partial charge in [0.25, 0.3) is 0 Å². The molecule has 0 N–H and O–H groups in total. The number of aromatic nitrogens is 4. The Balaban J connectivity index is 1.53. The van der Waals surface area contributed by atoms with Gasteiger partial charge in [0.1, 0.15) is 23.8 Å². The highest BCUT2D eigenvalue weighted by Crippen LogP contribution is 2.36. The second kappa shape index (κ2) is 11.5. The topological polar surface area (TPSA) is 89.7 Å². The van der Waals surface area contributed by atoms with Crippen molar-refractivity contribution in [1.82, 2.24) is 19.1 Å². The van der Waals surface area contributed by atoms with Crippen molar-refractivity contribution < 1.29 is 0 Å². The Hall–Kier alpha value is -5.60. The van der Waals surface area contributed by atoms with Crippen LogP contribution in [0.1, 0.15) is 22.8 Å². The summed E-state index contributed by atoms with van der Waals surface area (Å²) in [5, 5.41) is 18.6. The zero-order valence-corrected chi connectivity index (χ0v) is 24.7. The van der Waals surface area contributed by atoms with Gasteiger partial charge in [0.05, 0.1) is 11.4 Å². The molecule has 2 heterocycles. The smallest absolute Gasteiger partial charge is 0.177 e. The van der Waals surface area contributed by atoms with E-state index in [4.69, 9.17) is 4.98 Å². The summed E-state index contributed by atoms with van der Waals surface area (Å²) in [6, 6.07) is 29.2. The van der Waals surface area contributed by atoms with Crippen molar-refractivity contribution >= 4 is 23.5 Å². The van der Waals surface area contributed by atoms with Crippen LogP contribution >= 0.6 is 0 Å². The minimum absolute atomic E-state index is 0.129. The first-order valence-corrected chi connectivity index (χ1v) is 13.5. The highest BCUT2D eigenvalue weighted by atomic mass is 15.1. The maximum atomic E-state index is 9.33.